The molecule has 0 spiro atoms. The Morgan fingerprint density at radius 1 is 1.36 bits per heavy atom. The molecule has 0 atom stereocenters. The van der Waals surface area contributed by atoms with Crippen molar-refractivity contribution in [3.8, 4) is 5.75 Å². The second kappa shape index (κ2) is 3.42. The molecule has 0 fully saturated rings. The molecule has 0 radical (unpaired) electrons. The van der Waals surface area contributed by atoms with Crippen molar-refractivity contribution in [3.63, 3.8) is 0 Å². The van der Waals surface area contributed by atoms with Gasteiger partial charge in [-0.25, -0.2) is 8.42 Å². The van der Waals surface area contributed by atoms with E-state index < -0.39 is 9.05 Å². The summed E-state index contributed by atoms with van der Waals surface area (Å²) in [6, 6.07) is 4.42. The molecule has 1 heterocycles. The van der Waals surface area contributed by atoms with Crippen molar-refractivity contribution in [2.45, 2.75) is 11.3 Å². The van der Waals surface area contributed by atoms with E-state index in [-0.39, 0.29) is 4.90 Å². The van der Waals surface area contributed by atoms with Gasteiger partial charge >= 0.3 is 0 Å². The molecule has 2 rings (SSSR count). The number of halogens is 1. The highest BCUT2D eigenvalue weighted by atomic mass is 35.7. The summed E-state index contributed by atoms with van der Waals surface area (Å²) in [4.78, 5) is 9.68. The maximum atomic E-state index is 11.0. The Kier molecular flexibility index (Phi) is 2.38. The van der Waals surface area contributed by atoms with Crippen LogP contribution in [0.2, 0.25) is 0 Å². The first-order valence-electron chi connectivity index (χ1n) is 3.94. The summed E-state index contributed by atoms with van der Waals surface area (Å²) in [6.45, 7) is 0.415. The predicted molar refractivity (Wildman–Crippen MR) is 49.8 cm³/mol. The molecule has 14 heavy (non-hydrogen) atoms. The van der Waals surface area contributed by atoms with Crippen LogP contribution in [0.1, 0.15) is 5.56 Å². The number of hydrogen-bond acceptors (Lipinski definition) is 4. The molecule has 0 saturated carbocycles. The van der Waals surface area contributed by atoms with Gasteiger partial charge in [-0.3, -0.25) is 0 Å². The van der Waals surface area contributed by atoms with E-state index in [1.807, 2.05) is 0 Å². The van der Waals surface area contributed by atoms with Gasteiger partial charge in [0.2, 0.25) is 0 Å². The van der Waals surface area contributed by atoms with Gasteiger partial charge in [0.1, 0.15) is 0 Å². The number of rotatable bonds is 1. The van der Waals surface area contributed by atoms with Crippen molar-refractivity contribution in [1.82, 2.24) is 0 Å². The average molecular weight is 235 g/mol. The fourth-order valence-electron chi connectivity index (χ4n) is 1.24. The van der Waals surface area contributed by atoms with Gasteiger partial charge in [0.15, 0.2) is 5.75 Å². The van der Waals surface area contributed by atoms with E-state index in [0.29, 0.717) is 18.8 Å². The summed E-state index contributed by atoms with van der Waals surface area (Å²) in [5, 5.41) is 0. The molecule has 6 heteroatoms. The molecule has 0 bridgehead atoms. The lowest BCUT2D eigenvalue weighted by atomic mass is 10.1. The predicted octanol–water partition coefficient (Wildman–Crippen LogP) is 1.48. The zero-order valence-electron chi connectivity index (χ0n) is 7.07. The first kappa shape index (κ1) is 9.76. The van der Waals surface area contributed by atoms with Crippen LogP contribution in [0.15, 0.2) is 23.1 Å². The first-order chi connectivity index (χ1) is 6.57. The molecule has 4 nitrogen and oxygen atoms in total. The molecule has 1 aliphatic heterocycles. The van der Waals surface area contributed by atoms with E-state index in [9.17, 15) is 8.42 Å². The molecule has 76 valence electrons. The Morgan fingerprint density at radius 3 is 2.86 bits per heavy atom. The molecule has 0 amide bonds. The summed E-state index contributed by atoms with van der Waals surface area (Å²) >= 11 is 0. The number of fused-ring (bicyclic) bond motifs is 1. The summed E-state index contributed by atoms with van der Waals surface area (Å²) < 4.78 is 22.0. The normalized spacial score (nSPS) is 15.8. The van der Waals surface area contributed by atoms with Gasteiger partial charge in [-0.05, 0) is 18.2 Å². The minimum atomic E-state index is -3.66. The van der Waals surface area contributed by atoms with Crippen molar-refractivity contribution < 1.29 is 18.2 Å². The molecular formula is C8H7ClO4S. The zero-order valence-corrected chi connectivity index (χ0v) is 8.64. The second-order valence-corrected chi connectivity index (χ2v) is 5.43. The number of benzene rings is 1. The summed E-state index contributed by atoms with van der Waals surface area (Å²) in [7, 11) is 1.54. The molecular weight excluding hydrogens is 228 g/mol. The van der Waals surface area contributed by atoms with Gasteiger partial charge in [0, 0.05) is 22.7 Å². The largest absolute Gasteiger partial charge is 0.337 e. The van der Waals surface area contributed by atoms with Crippen LogP contribution in [0.25, 0.3) is 0 Å². The van der Waals surface area contributed by atoms with E-state index in [2.05, 4.69) is 0 Å². The monoisotopic (exact) mass is 234 g/mol. The highest BCUT2D eigenvalue weighted by Gasteiger charge is 2.16. The minimum Gasteiger partial charge on any atom is -0.337 e. The Labute approximate surface area is 85.7 Å². The van der Waals surface area contributed by atoms with Crippen molar-refractivity contribution in [1.29, 1.82) is 0 Å². The van der Waals surface area contributed by atoms with Crippen LogP contribution in [0.3, 0.4) is 0 Å². The first-order valence-corrected chi connectivity index (χ1v) is 6.25. The standard InChI is InChI=1S/C8H7ClO4S/c9-14(10,11)7-1-2-8-6(5-7)3-4-12-13-8/h1-2,5H,3-4H2. The lowest BCUT2D eigenvalue weighted by Crippen LogP contribution is -2.11. The van der Waals surface area contributed by atoms with Crippen molar-refractivity contribution in [2.24, 2.45) is 0 Å². The van der Waals surface area contributed by atoms with E-state index in [1.54, 1.807) is 0 Å². The minimum absolute atomic E-state index is 0.0865. The Hall–Kier alpha value is -0.780. The third kappa shape index (κ3) is 1.84. The molecule has 0 aromatic heterocycles. The van der Waals surface area contributed by atoms with Gasteiger partial charge in [-0.1, -0.05) is 0 Å². The average Bonchev–Trinajstić information content (AvgIpc) is 2.16. The van der Waals surface area contributed by atoms with E-state index in [4.69, 9.17) is 20.5 Å². The molecule has 0 aliphatic carbocycles. The second-order valence-electron chi connectivity index (χ2n) is 2.86. The highest BCUT2D eigenvalue weighted by molar-refractivity contribution is 8.13. The van der Waals surface area contributed by atoms with Gasteiger partial charge in [0.05, 0.1) is 11.5 Å². The maximum Gasteiger partial charge on any atom is 0.261 e. The third-order valence-electron chi connectivity index (χ3n) is 1.92. The molecule has 0 saturated heterocycles. The van der Waals surface area contributed by atoms with E-state index in [0.717, 1.165) is 5.56 Å². The number of hydrogen-bond donors (Lipinski definition) is 0. The van der Waals surface area contributed by atoms with Gasteiger partial charge in [-0.15, -0.1) is 0 Å². The van der Waals surface area contributed by atoms with Gasteiger partial charge < -0.3 is 4.89 Å². The van der Waals surface area contributed by atoms with Crippen LogP contribution in [0.4, 0.5) is 0 Å². The summed E-state index contributed by atoms with van der Waals surface area (Å²) in [5.41, 5.74) is 0.790. The molecule has 1 aliphatic rings. The van der Waals surface area contributed by atoms with E-state index in [1.165, 1.54) is 18.2 Å². The van der Waals surface area contributed by atoms with Crippen molar-refractivity contribution in [3.05, 3.63) is 23.8 Å². The topological polar surface area (TPSA) is 52.6 Å². The third-order valence-corrected chi connectivity index (χ3v) is 3.27. The lowest BCUT2D eigenvalue weighted by Gasteiger charge is -2.15. The maximum absolute atomic E-state index is 11.0. The zero-order chi connectivity index (χ0) is 10.2. The smallest absolute Gasteiger partial charge is 0.261 e. The SMILES string of the molecule is O=S(=O)(Cl)c1ccc2c(c1)CCOO2. The molecule has 1 aromatic carbocycles. The van der Waals surface area contributed by atoms with Crippen LogP contribution in [-0.2, 0) is 20.4 Å². The molecule has 1 aromatic rings. The summed E-state index contributed by atoms with van der Waals surface area (Å²) in [6.07, 6.45) is 0.621. The quantitative estimate of drug-likeness (QED) is 0.546. The van der Waals surface area contributed by atoms with E-state index >= 15 is 0 Å². The summed E-state index contributed by atoms with van der Waals surface area (Å²) in [5.74, 6) is 0.542. The van der Waals surface area contributed by atoms with Crippen molar-refractivity contribution in [2.75, 3.05) is 6.61 Å². The van der Waals surface area contributed by atoms with Crippen LogP contribution < -0.4 is 4.89 Å². The fourth-order valence-corrected chi connectivity index (χ4v) is 2.04. The van der Waals surface area contributed by atoms with Crippen LogP contribution >= 0.6 is 10.7 Å². The lowest BCUT2D eigenvalue weighted by molar-refractivity contribution is -0.215. The van der Waals surface area contributed by atoms with Crippen molar-refractivity contribution >= 4 is 19.7 Å². The Bertz CT molecular complexity index is 454. The fraction of sp³-hybridized carbons (Fsp3) is 0.250. The van der Waals surface area contributed by atoms with Crippen LogP contribution in [0.5, 0.6) is 5.75 Å². The Balaban J connectivity index is 2.49. The van der Waals surface area contributed by atoms with Gasteiger partial charge in [-0.2, -0.15) is 4.89 Å². The Morgan fingerprint density at radius 2 is 2.14 bits per heavy atom. The van der Waals surface area contributed by atoms with Gasteiger partial charge in [0.25, 0.3) is 9.05 Å². The molecule has 0 N–H and O–H groups in total. The van der Waals surface area contributed by atoms with Crippen LogP contribution in [-0.4, -0.2) is 15.0 Å². The van der Waals surface area contributed by atoms with Crippen LogP contribution in [0, 0.1) is 0 Å². The highest BCUT2D eigenvalue weighted by Crippen LogP contribution is 2.27. The molecule has 0 unspecified atom stereocenters.